The van der Waals surface area contributed by atoms with Crippen molar-refractivity contribution >= 4 is 11.8 Å². The van der Waals surface area contributed by atoms with E-state index in [1.54, 1.807) is 0 Å². The molecule has 1 aliphatic rings. The maximum Gasteiger partial charge on any atom is 0.168 e. The molecule has 1 N–H and O–H groups in total. The predicted octanol–water partition coefficient (Wildman–Crippen LogP) is 2.19. The number of hydrogen-bond acceptors (Lipinski definition) is 5. The molecule has 1 aromatic rings. The van der Waals surface area contributed by atoms with Crippen LogP contribution in [0.3, 0.4) is 0 Å². The van der Waals surface area contributed by atoms with Crippen LogP contribution in [0.5, 0.6) is 0 Å². The van der Waals surface area contributed by atoms with Gasteiger partial charge in [-0.2, -0.15) is 11.8 Å². The van der Waals surface area contributed by atoms with Gasteiger partial charge < -0.3 is 5.32 Å². The summed E-state index contributed by atoms with van der Waals surface area (Å²) in [5.41, 5.74) is 0. The minimum absolute atomic E-state index is 0.225. The maximum atomic E-state index is 4.20. The summed E-state index contributed by atoms with van der Waals surface area (Å²) in [6.07, 6.45) is 7.16. The Morgan fingerprint density at radius 2 is 2.11 bits per heavy atom. The first-order valence-electron chi connectivity index (χ1n) is 6.80. The van der Waals surface area contributed by atoms with E-state index in [9.17, 15) is 0 Å². The summed E-state index contributed by atoms with van der Waals surface area (Å²) >= 11 is 1.99. The van der Waals surface area contributed by atoms with E-state index in [0.717, 1.165) is 17.6 Å². The Kier molecular flexibility index (Phi) is 5.00. The Morgan fingerprint density at radius 1 is 1.39 bits per heavy atom. The van der Waals surface area contributed by atoms with E-state index in [1.807, 2.05) is 16.4 Å². The van der Waals surface area contributed by atoms with Gasteiger partial charge in [-0.25, -0.2) is 4.68 Å². The summed E-state index contributed by atoms with van der Waals surface area (Å²) < 4.78 is 2.05. The lowest BCUT2D eigenvalue weighted by atomic mass is 9.95. The van der Waals surface area contributed by atoms with E-state index in [4.69, 9.17) is 0 Å². The molecule has 1 atom stereocenters. The third-order valence-corrected chi connectivity index (χ3v) is 4.88. The van der Waals surface area contributed by atoms with Gasteiger partial charge in [-0.05, 0) is 55.8 Å². The molecule has 1 heterocycles. The smallest absolute Gasteiger partial charge is 0.168 e. The second kappa shape index (κ2) is 6.52. The molecule has 0 aliphatic heterocycles. The van der Waals surface area contributed by atoms with Crippen LogP contribution in [0.15, 0.2) is 0 Å². The standard InChI is InChI=1S/C12H23N5S/c1-4-13-9(2)12-14-15-16-17(12)10-5-7-11(18-3)8-6-10/h9-11,13H,4-8H2,1-3H3. The molecule has 18 heavy (non-hydrogen) atoms. The van der Waals surface area contributed by atoms with Crippen molar-refractivity contribution in [2.45, 2.75) is 56.9 Å². The first-order chi connectivity index (χ1) is 8.76. The fourth-order valence-electron chi connectivity index (χ4n) is 2.67. The fourth-order valence-corrected chi connectivity index (χ4v) is 3.41. The largest absolute Gasteiger partial charge is 0.308 e. The van der Waals surface area contributed by atoms with Crippen LogP contribution in [-0.4, -0.2) is 38.3 Å². The third kappa shape index (κ3) is 3.03. The Bertz CT molecular complexity index is 359. The van der Waals surface area contributed by atoms with Crippen LogP contribution in [0.4, 0.5) is 0 Å². The molecule has 102 valence electrons. The molecule has 6 heteroatoms. The maximum absolute atomic E-state index is 4.20. The number of aromatic nitrogens is 4. The lowest BCUT2D eigenvalue weighted by molar-refractivity contribution is 0.314. The summed E-state index contributed by atoms with van der Waals surface area (Å²) in [6, 6.07) is 0.711. The van der Waals surface area contributed by atoms with Crippen LogP contribution in [0, 0.1) is 0 Å². The molecule has 1 saturated carbocycles. The van der Waals surface area contributed by atoms with Crippen molar-refractivity contribution in [3.8, 4) is 0 Å². The van der Waals surface area contributed by atoms with Crippen molar-refractivity contribution in [1.29, 1.82) is 0 Å². The van der Waals surface area contributed by atoms with Gasteiger partial charge in [0.25, 0.3) is 0 Å². The molecule has 0 aromatic carbocycles. The highest BCUT2D eigenvalue weighted by Crippen LogP contribution is 2.33. The lowest BCUT2D eigenvalue weighted by Crippen LogP contribution is -2.26. The second-order valence-electron chi connectivity index (χ2n) is 4.93. The normalized spacial score (nSPS) is 26.2. The van der Waals surface area contributed by atoms with Crippen molar-refractivity contribution < 1.29 is 0 Å². The Balaban J connectivity index is 2.03. The lowest BCUT2D eigenvalue weighted by Gasteiger charge is -2.28. The summed E-state index contributed by atoms with van der Waals surface area (Å²) in [4.78, 5) is 0. The molecule has 2 rings (SSSR count). The van der Waals surface area contributed by atoms with Crippen molar-refractivity contribution in [2.75, 3.05) is 12.8 Å². The van der Waals surface area contributed by atoms with E-state index in [2.05, 4.69) is 40.9 Å². The molecule has 1 unspecified atom stereocenters. The summed E-state index contributed by atoms with van der Waals surface area (Å²) in [5, 5.41) is 16.4. The second-order valence-corrected chi connectivity index (χ2v) is 6.07. The van der Waals surface area contributed by atoms with Crippen LogP contribution < -0.4 is 5.32 Å². The van der Waals surface area contributed by atoms with Crippen LogP contribution in [-0.2, 0) is 0 Å². The van der Waals surface area contributed by atoms with E-state index in [0.29, 0.717) is 6.04 Å². The quantitative estimate of drug-likeness (QED) is 0.888. The fraction of sp³-hybridized carbons (Fsp3) is 0.917. The highest BCUT2D eigenvalue weighted by Gasteiger charge is 2.26. The van der Waals surface area contributed by atoms with Gasteiger partial charge in [0, 0.05) is 5.25 Å². The van der Waals surface area contributed by atoms with Gasteiger partial charge >= 0.3 is 0 Å². The van der Waals surface area contributed by atoms with E-state index >= 15 is 0 Å². The SMILES string of the molecule is CCNC(C)c1nnnn1C1CCC(SC)CC1. The monoisotopic (exact) mass is 269 g/mol. The van der Waals surface area contributed by atoms with Gasteiger partial charge in [-0.15, -0.1) is 5.10 Å². The average molecular weight is 269 g/mol. The van der Waals surface area contributed by atoms with Crippen LogP contribution in [0.1, 0.15) is 57.4 Å². The Labute approximate surface area is 113 Å². The van der Waals surface area contributed by atoms with Gasteiger partial charge in [-0.3, -0.25) is 0 Å². The minimum Gasteiger partial charge on any atom is -0.308 e. The molecule has 0 amide bonds. The van der Waals surface area contributed by atoms with Crippen LogP contribution in [0.25, 0.3) is 0 Å². The number of nitrogens with one attached hydrogen (secondary N) is 1. The van der Waals surface area contributed by atoms with Crippen molar-refractivity contribution in [3.05, 3.63) is 5.82 Å². The molecule has 0 spiro atoms. The average Bonchev–Trinajstić information content (AvgIpc) is 2.88. The number of hydrogen-bond donors (Lipinski definition) is 1. The third-order valence-electron chi connectivity index (χ3n) is 3.74. The molecule has 0 bridgehead atoms. The highest BCUT2D eigenvalue weighted by atomic mass is 32.2. The molecular weight excluding hydrogens is 246 g/mol. The van der Waals surface area contributed by atoms with Gasteiger partial charge in [0.2, 0.25) is 0 Å². The summed E-state index contributed by atoms with van der Waals surface area (Å²) in [6.45, 7) is 5.17. The van der Waals surface area contributed by atoms with Crippen LogP contribution in [0.2, 0.25) is 0 Å². The van der Waals surface area contributed by atoms with E-state index < -0.39 is 0 Å². The van der Waals surface area contributed by atoms with Crippen molar-refractivity contribution in [3.63, 3.8) is 0 Å². The Hall–Kier alpha value is -0.620. The molecular formula is C12H23N5S. The topological polar surface area (TPSA) is 55.6 Å². The number of rotatable bonds is 5. The molecule has 1 fully saturated rings. The first kappa shape index (κ1) is 13.8. The molecule has 5 nitrogen and oxygen atoms in total. The molecule has 0 radical (unpaired) electrons. The predicted molar refractivity (Wildman–Crippen MR) is 74.7 cm³/mol. The number of nitrogens with zero attached hydrogens (tertiary/aromatic N) is 4. The van der Waals surface area contributed by atoms with Gasteiger partial charge in [0.15, 0.2) is 5.82 Å². The molecule has 1 aliphatic carbocycles. The molecule has 1 aromatic heterocycles. The van der Waals surface area contributed by atoms with Gasteiger partial charge in [0.05, 0.1) is 12.1 Å². The number of tetrazole rings is 1. The molecule has 0 saturated heterocycles. The number of thioether (sulfide) groups is 1. The zero-order valence-corrected chi connectivity index (χ0v) is 12.3. The highest BCUT2D eigenvalue weighted by molar-refractivity contribution is 7.99. The zero-order valence-electron chi connectivity index (χ0n) is 11.5. The van der Waals surface area contributed by atoms with Gasteiger partial charge in [0.1, 0.15) is 0 Å². The Morgan fingerprint density at radius 3 is 2.72 bits per heavy atom. The van der Waals surface area contributed by atoms with Gasteiger partial charge in [-0.1, -0.05) is 6.92 Å². The zero-order chi connectivity index (χ0) is 13.0. The minimum atomic E-state index is 0.225. The van der Waals surface area contributed by atoms with E-state index in [-0.39, 0.29) is 6.04 Å². The van der Waals surface area contributed by atoms with Crippen molar-refractivity contribution in [2.24, 2.45) is 0 Å². The first-order valence-corrected chi connectivity index (χ1v) is 8.09. The van der Waals surface area contributed by atoms with Crippen LogP contribution >= 0.6 is 11.8 Å². The van der Waals surface area contributed by atoms with Crippen molar-refractivity contribution in [1.82, 2.24) is 25.5 Å². The summed E-state index contributed by atoms with van der Waals surface area (Å²) in [7, 11) is 0. The van der Waals surface area contributed by atoms with E-state index in [1.165, 1.54) is 25.7 Å². The summed E-state index contributed by atoms with van der Waals surface area (Å²) in [5.74, 6) is 0.976.